The predicted octanol–water partition coefficient (Wildman–Crippen LogP) is 1.56. The van der Waals surface area contributed by atoms with Gasteiger partial charge in [-0.25, -0.2) is 12.8 Å². The monoisotopic (exact) mass is 300 g/mol. The number of rotatable bonds is 7. The van der Waals surface area contributed by atoms with Crippen LogP contribution in [0.25, 0.3) is 0 Å². The Hall–Kier alpha value is -1.14. The van der Waals surface area contributed by atoms with E-state index in [2.05, 4.69) is 5.32 Å². The fourth-order valence-electron chi connectivity index (χ4n) is 2.09. The van der Waals surface area contributed by atoms with Crippen LogP contribution in [0, 0.1) is 5.82 Å². The molecule has 0 aromatic heterocycles. The van der Waals surface area contributed by atoms with Gasteiger partial charge in [-0.05, 0) is 24.5 Å². The second-order valence-corrected chi connectivity index (χ2v) is 7.71. The van der Waals surface area contributed by atoms with Gasteiger partial charge in [0.15, 0.2) is 0 Å². The Kier molecular flexibility index (Phi) is 4.65. The SMILES string of the molecule is CN(CCS(C)(=O)=O)c1c(F)cccc1CNC1CC1. The molecule has 1 fully saturated rings. The number of sulfone groups is 1. The Labute approximate surface area is 119 Å². The van der Waals surface area contributed by atoms with Crippen molar-refractivity contribution in [1.82, 2.24) is 5.32 Å². The van der Waals surface area contributed by atoms with Gasteiger partial charge in [0.2, 0.25) is 0 Å². The van der Waals surface area contributed by atoms with E-state index < -0.39 is 9.84 Å². The first-order valence-electron chi connectivity index (χ1n) is 6.76. The Balaban J connectivity index is 2.10. The lowest BCUT2D eigenvalue weighted by Crippen LogP contribution is -2.28. The minimum Gasteiger partial charge on any atom is -0.371 e. The summed E-state index contributed by atoms with van der Waals surface area (Å²) < 4.78 is 36.5. The highest BCUT2D eigenvalue weighted by atomic mass is 32.2. The molecule has 1 saturated carbocycles. The summed E-state index contributed by atoms with van der Waals surface area (Å²) in [4.78, 5) is 1.68. The summed E-state index contributed by atoms with van der Waals surface area (Å²) in [5.41, 5.74) is 1.36. The van der Waals surface area contributed by atoms with E-state index in [1.54, 1.807) is 18.0 Å². The van der Waals surface area contributed by atoms with Gasteiger partial charge in [0.1, 0.15) is 15.7 Å². The molecule has 0 radical (unpaired) electrons. The molecule has 0 amide bonds. The molecular formula is C14H21FN2O2S. The van der Waals surface area contributed by atoms with Crippen molar-refractivity contribution in [3.8, 4) is 0 Å². The standard InChI is InChI=1S/C14H21FN2O2S/c1-17(8-9-20(2,18)19)14-11(4-3-5-13(14)15)10-16-12-6-7-12/h3-5,12,16H,6-10H2,1-2H3. The average Bonchev–Trinajstić information content (AvgIpc) is 3.16. The first kappa shape index (κ1) is 15.3. The molecule has 1 aliphatic rings. The third kappa shape index (κ3) is 4.45. The minimum absolute atomic E-state index is 0.0212. The molecule has 1 N–H and O–H groups in total. The van der Waals surface area contributed by atoms with Gasteiger partial charge in [-0.2, -0.15) is 0 Å². The van der Waals surface area contributed by atoms with Crippen molar-refractivity contribution in [2.45, 2.75) is 25.4 Å². The molecule has 0 atom stereocenters. The highest BCUT2D eigenvalue weighted by molar-refractivity contribution is 7.90. The molecule has 1 aromatic rings. The van der Waals surface area contributed by atoms with E-state index in [0.717, 1.165) is 5.56 Å². The first-order valence-corrected chi connectivity index (χ1v) is 8.82. The lowest BCUT2D eigenvalue weighted by molar-refractivity contribution is 0.598. The number of hydrogen-bond acceptors (Lipinski definition) is 4. The molecule has 0 heterocycles. The van der Waals surface area contributed by atoms with E-state index in [1.165, 1.54) is 25.2 Å². The number of halogens is 1. The summed E-state index contributed by atoms with van der Waals surface area (Å²) in [7, 11) is -1.32. The van der Waals surface area contributed by atoms with Crippen LogP contribution in [0.3, 0.4) is 0 Å². The molecule has 1 aromatic carbocycles. The molecule has 112 valence electrons. The van der Waals surface area contributed by atoms with Crippen LogP contribution in [0.15, 0.2) is 18.2 Å². The van der Waals surface area contributed by atoms with Crippen molar-refractivity contribution in [3.05, 3.63) is 29.6 Å². The second-order valence-electron chi connectivity index (χ2n) is 5.45. The van der Waals surface area contributed by atoms with Crippen LogP contribution in [-0.2, 0) is 16.4 Å². The summed E-state index contributed by atoms with van der Waals surface area (Å²) in [6, 6.07) is 5.53. The Morgan fingerprint density at radius 2 is 2.10 bits per heavy atom. The number of benzene rings is 1. The highest BCUT2D eigenvalue weighted by Crippen LogP contribution is 2.25. The number of hydrogen-bond donors (Lipinski definition) is 1. The van der Waals surface area contributed by atoms with Crippen molar-refractivity contribution in [1.29, 1.82) is 0 Å². The summed E-state index contributed by atoms with van der Waals surface area (Å²) in [5, 5.41) is 3.36. The number of para-hydroxylation sites is 1. The molecule has 6 heteroatoms. The van der Waals surface area contributed by atoms with E-state index in [1.807, 2.05) is 6.07 Å². The van der Waals surface area contributed by atoms with E-state index in [4.69, 9.17) is 0 Å². The molecule has 2 rings (SSSR count). The zero-order chi connectivity index (χ0) is 14.8. The zero-order valence-corrected chi connectivity index (χ0v) is 12.7. The van der Waals surface area contributed by atoms with E-state index >= 15 is 0 Å². The van der Waals surface area contributed by atoms with Crippen LogP contribution in [0.1, 0.15) is 18.4 Å². The van der Waals surface area contributed by atoms with Crippen LogP contribution in [0.2, 0.25) is 0 Å². The maximum atomic E-state index is 14.0. The van der Waals surface area contributed by atoms with Gasteiger partial charge in [-0.3, -0.25) is 0 Å². The second kappa shape index (κ2) is 6.10. The number of anilines is 1. The lowest BCUT2D eigenvalue weighted by Gasteiger charge is -2.23. The van der Waals surface area contributed by atoms with E-state index in [-0.39, 0.29) is 18.1 Å². The van der Waals surface area contributed by atoms with Crippen LogP contribution < -0.4 is 10.2 Å². The Morgan fingerprint density at radius 3 is 2.70 bits per heavy atom. The fourth-order valence-corrected chi connectivity index (χ4v) is 2.69. The summed E-state index contributed by atoms with van der Waals surface area (Å²) in [6.07, 6.45) is 3.54. The Morgan fingerprint density at radius 1 is 1.40 bits per heavy atom. The molecule has 20 heavy (non-hydrogen) atoms. The number of nitrogens with zero attached hydrogens (tertiary/aromatic N) is 1. The summed E-state index contributed by atoms with van der Waals surface area (Å²) in [6.45, 7) is 0.900. The van der Waals surface area contributed by atoms with Gasteiger partial charge in [-0.15, -0.1) is 0 Å². The minimum atomic E-state index is -3.05. The van der Waals surface area contributed by atoms with Gasteiger partial charge in [0.25, 0.3) is 0 Å². The van der Waals surface area contributed by atoms with Gasteiger partial charge in [0.05, 0.1) is 11.4 Å². The summed E-state index contributed by atoms with van der Waals surface area (Å²) >= 11 is 0. The zero-order valence-electron chi connectivity index (χ0n) is 11.9. The molecule has 1 aliphatic carbocycles. The van der Waals surface area contributed by atoms with Gasteiger partial charge < -0.3 is 10.2 Å². The molecule has 0 unspecified atom stereocenters. The van der Waals surface area contributed by atoms with Gasteiger partial charge in [-0.1, -0.05) is 12.1 Å². The maximum Gasteiger partial charge on any atom is 0.149 e. The molecule has 0 saturated heterocycles. The molecule has 0 spiro atoms. The maximum absolute atomic E-state index is 14.0. The van der Waals surface area contributed by atoms with E-state index in [0.29, 0.717) is 18.3 Å². The molecule has 4 nitrogen and oxygen atoms in total. The van der Waals surface area contributed by atoms with Crippen LogP contribution in [0.4, 0.5) is 10.1 Å². The third-order valence-electron chi connectivity index (χ3n) is 3.41. The van der Waals surface area contributed by atoms with Crippen LogP contribution >= 0.6 is 0 Å². The third-order valence-corrected chi connectivity index (χ3v) is 4.33. The van der Waals surface area contributed by atoms with Crippen molar-refractivity contribution in [3.63, 3.8) is 0 Å². The highest BCUT2D eigenvalue weighted by Gasteiger charge is 2.21. The van der Waals surface area contributed by atoms with Crippen molar-refractivity contribution >= 4 is 15.5 Å². The molecular weight excluding hydrogens is 279 g/mol. The van der Waals surface area contributed by atoms with Crippen LogP contribution in [0.5, 0.6) is 0 Å². The molecule has 0 bridgehead atoms. The largest absolute Gasteiger partial charge is 0.371 e. The van der Waals surface area contributed by atoms with Gasteiger partial charge >= 0.3 is 0 Å². The quantitative estimate of drug-likeness (QED) is 0.830. The average molecular weight is 300 g/mol. The smallest absolute Gasteiger partial charge is 0.149 e. The van der Waals surface area contributed by atoms with Crippen molar-refractivity contribution < 1.29 is 12.8 Å². The Bertz CT molecular complexity index is 571. The lowest BCUT2D eigenvalue weighted by atomic mass is 10.1. The van der Waals surface area contributed by atoms with Gasteiger partial charge in [0, 0.05) is 32.4 Å². The topological polar surface area (TPSA) is 49.4 Å². The summed E-state index contributed by atoms with van der Waals surface area (Å²) in [5.74, 6) is -0.288. The fraction of sp³-hybridized carbons (Fsp3) is 0.571. The van der Waals surface area contributed by atoms with Crippen molar-refractivity contribution in [2.24, 2.45) is 0 Å². The normalized spacial score (nSPS) is 15.3. The predicted molar refractivity (Wildman–Crippen MR) is 79.2 cm³/mol. The first-order chi connectivity index (χ1) is 9.37. The molecule has 0 aliphatic heterocycles. The van der Waals surface area contributed by atoms with Crippen molar-refractivity contribution in [2.75, 3.05) is 30.5 Å². The number of nitrogens with one attached hydrogen (secondary N) is 1. The van der Waals surface area contributed by atoms with Crippen LogP contribution in [-0.4, -0.2) is 40.1 Å². The van der Waals surface area contributed by atoms with E-state index in [9.17, 15) is 12.8 Å².